The molecule has 2 rings (SSSR count). The summed E-state index contributed by atoms with van der Waals surface area (Å²) in [4.78, 5) is 0. The zero-order valence-corrected chi connectivity index (χ0v) is 7.34. The Morgan fingerprint density at radius 3 is 2.75 bits per heavy atom. The maximum absolute atomic E-state index is 3.86. The van der Waals surface area contributed by atoms with Gasteiger partial charge in [0.1, 0.15) is 0 Å². The second kappa shape index (κ2) is 2.81. The lowest BCUT2D eigenvalue weighted by Crippen LogP contribution is -2.23. The zero-order chi connectivity index (χ0) is 8.55. The van der Waals surface area contributed by atoms with Gasteiger partial charge < -0.3 is 5.32 Å². The van der Waals surface area contributed by atoms with Crippen LogP contribution < -0.4 is 5.32 Å². The van der Waals surface area contributed by atoms with Crippen LogP contribution in [0, 0.1) is 5.92 Å². The third kappa shape index (κ3) is 0.927. The summed E-state index contributed by atoms with van der Waals surface area (Å²) >= 11 is 0. The lowest BCUT2D eigenvalue weighted by atomic mass is 9.97. The van der Waals surface area contributed by atoms with Crippen molar-refractivity contribution in [2.24, 2.45) is 5.92 Å². The molecule has 1 nitrogen and oxygen atoms in total. The van der Waals surface area contributed by atoms with Gasteiger partial charge in [0, 0.05) is 17.7 Å². The molecule has 1 heterocycles. The van der Waals surface area contributed by atoms with E-state index in [0.717, 1.165) is 5.92 Å². The van der Waals surface area contributed by atoms with Crippen LogP contribution in [0.15, 0.2) is 36.6 Å². The summed E-state index contributed by atoms with van der Waals surface area (Å²) in [5.41, 5.74) is 2.59. The molecule has 1 saturated carbocycles. The molecule has 64 valence electrons. The predicted octanol–water partition coefficient (Wildman–Crippen LogP) is 2.38. The monoisotopic (exact) mass is 161 g/mol. The molecule has 1 N–H and O–H groups in total. The molecule has 0 amide bonds. The summed E-state index contributed by atoms with van der Waals surface area (Å²) in [6.45, 7) is 7.66. The van der Waals surface area contributed by atoms with Gasteiger partial charge in [-0.15, -0.1) is 0 Å². The highest BCUT2D eigenvalue weighted by atomic mass is 15.0. The first-order valence-corrected chi connectivity index (χ1v) is 4.62. The normalized spacial score (nSPS) is 33.0. The molecule has 12 heavy (non-hydrogen) atoms. The molecule has 0 bridgehead atoms. The fraction of sp³-hybridized carbons (Fsp3) is 0.455. The molecule has 0 saturated heterocycles. The molecule has 1 heteroatoms. The Balaban J connectivity index is 2.30. The fourth-order valence-electron chi connectivity index (χ4n) is 2.43. The molecule has 0 spiro atoms. The molecule has 0 aromatic heterocycles. The summed E-state index contributed by atoms with van der Waals surface area (Å²) in [5.74, 6) is 0.718. The van der Waals surface area contributed by atoms with Crippen molar-refractivity contribution in [3.63, 3.8) is 0 Å². The van der Waals surface area contributed by atoms with E-state index in [9.17, 15) is 0 Å². The highest BCUT2D eigenvalue weighted by Crippen LogP contribution is 2.38. The zero-order valence-electron chi connectivity index (χ0n) is 7.34. The molecule has 1 aliphatic heterocycles. The number of nitrogens with one attached hydrogen (secondary N) is 1. The van der Waals surface area contributed by atoms with Crippen LogP contribution in [0.4, 0.5) is 0 Å². The van der Waals surface area contributed by atoms with Crippen LogP contribution in [0.25, 0.3) is 0 Å². The Morgan fingerprint density at radius 1 is 1.25 bits per heavy atom. The maximum atomic E-state index is 3.86. The van der Waals surface area contributed by atoms with Crippen molar-refractivity contribution in [3.05, 3.63) is 36.6 Å². The summed E-state index contributed by atoms with van der Waals surface area (Å²) in [6.07, 6.45) is 7.87. The molecule has 1 fully saturated rings. The van der Waals surface area contributed by atoms with Crippen molar-refractivity contribution in [3.8, 4) is 0 Å². The smallest absolute Gasteiger partial charge is 0.0372 e. The first kappa shape index (κ1) is 7.66. The van der Waals surface area contributed by atoms with E-state index < -0.39 is 0 Å². The fourth-order valence-corrected chi connectivity index (χ4v) is 2.43. The molecule has 0 aromatic carbocycles. The first-order chi connectivity index (χ1) is 5.86. The van der Waals surface area contributed by atoms with Gasteiger partial charge in [0.25, 0.3) is 0 Å². The van der Waals surface area contributed by atoms with Crippen molar-refractivity contribution < 1.29 is 0 Å². The van der Waals surface area contributed by atoms with E-state index in [4.69, 9.17) is 0 Å². The van der Waals surface area contributed by atoms with Crippen LogP contribution >= 0.6 is 0 Å². The molecule has 0 aromatic rings. The van der Waals surface area contributed by atoms with Gasteiger partial charge in [-0.1, -0.05) is 25.7 Å². The molecule has 2 atom stereocenters. The minimum Gasteiger partial charge on any atom is -0.381 e. The van der Waals surface area contributed by atoms with Crippen LogP contribution in [0.5, 0.6) is 0 Å². The van der Waals surface area contributed by atoms with Crippen molar-refractivity contribution in [1.82, 2.24) is 5.32 Å². The number of hydrogen-bond donors (Lipinski definition) is 1. The average Bonchev–Trinajstić information content (AvgIpc) is 2.61. The average molecular weight is 161 g/mol. The summed E-state index contributed by atoms with van der Waals surface area (Å²) in [7, 11) is 0. The highest BCUT2D eigenvalue weighted by molar-refractivity contribution is 5.38. The Hall–Kier alpha value is -0.980. The van der Waals surface area contributed by atoms with E-state index in [1.165, 1.54) is 30.5 Å². The second-order valence-electron chi connectivity index (χ2n) is 3.57. The van der Waals surface area contributed by atoms with E-state index in [2.05, 4.69) is 18.5 Å². The molecule has 0 radical (unpaired) electrons. The van der Waals surface area contributed by atoms with Gasteiger partial charge in [-0.3, -0.25) is 0 Å². The predicted molar refractivity (Wildman–Crippen MR) is 51.7 cm³/mol. The van der Waals surface area contributed by atoms with Gasteiger partial charge in [0.15, 0.2) is 0 Å². The third-order valence-corrected chi connectivity index (χ3v) is 2.99. The van der Waals surface area contributed by atoms with Gasteiger partial charge in [-0.2, -0.15) is 0 Å². The minimum absolute atomic E-state index is 0.672. The topological polar surface area (TPSA) is 12.0 Å². The first-order valence-electron chi connectivity index (χ1n) is 4.62. The Kier molecular flexibility index (Phi) is 1.80. The quantitative estimate of drug-likeness (QED) is 0.655. The van der Waals surface area contributed by atoms with Crippen LogP contribution in [0.2, 0.25) is 0 Å². The molecular formula is C11H15N. The lowest BCUT2D eigenvalue weighted by molar-refractivity contribution is 0.542. The van der Waals surface area contributed by atoms with Crippen molar-refractivity contribution in [2.75, 3.05) is 0 Å². The van der Waals surface area contributed by atoms with Gasteiger partial charge in [-0.25, -0.2) is 0 Å². The van der Waals surface area contributed by atoms with E-state index in [1.54, 1.807) is 0 Å². The van der Waals surface area contributed by atoms with Crippen molar-refractivity contribution >= 4 is 0 Å². The number of allylic oxidation sites excluding steroid dienone is 2. The largest absolute Gasteiger partial charge is 0.381 e. The van der Waals surface area contributed by atoms with Crippen molar-refractivity contribution in [1.29, 1.82) is 0 Å². The SMILES string of the molecule is C=CC1=C(C=C)C2CCCC2N1. The van der Waals surface area contributed by atoms with E-state index >= 15 is 0 Å². The molecule has 2 aliphatic rings. The molecule has 1 aliphatic carbocycles. The van der Waals surface area contributed by atoms with Crippen LogP contribution in [-0.4, -0.2) is 6.04 Å². The van der Waals surface area contributed by atoms with Crippen LogP contribution in [0.3, 0.4) is 0 Å². The number of rotatable bonds is 2. The van der Waals surface area contributed by atoms with Crippen LogP contribution in [0.1, 0.15) is 19.3 Å². The van der Waals surface area contributed by atoms with Crippen LogP contribution in [-0.2, 0) is 0 Å². The molecular weight excluding hydrogens is 146 g/mol. The van der Waals surface area contributed by atoms with E-state index in [1.807, 2.05) is 12.2 Å². The van der Waals surface area contributed by atoms with Gasteiger partial charge in [-0.05, 0) is 24.5 Å². The lowest BCUT2D eigenvalue weighted by Gasteiger charge is -2.10. The Bertz CT molecular complexity index is 250. The number of hydrogen-bond acceptors (Lipinski definition) is 1. The Labute approximate surface area is 73.9 Å². The Morgan fingerprint density at radius 2 is 2.08 bits per heavy atom. The van der Waals surface area contributed by atoms with Gasteiger partial charge in [0.2, 0.25) is 0 Å². The van der Waals surface area contributed by atoms with E-state index in [-0.39, 0.29) is 0 Å². The van der Waals surface area contributed by atoms with Gasteiger partial charge in [0.05, 0.1) is 0 Å². The third-order valence-electron chi connectivity index (χ3n) is 2.99. The number of fused-ring (bicyclic) bond motifs is 1. The van der Waals surface area contributed by atoms with Crippen molar-refractivity contribution in [2.45, 2.75) is 25.3 Å². The minimum atomic E-state index is 0.672. The summed E-state index contributed by atoms with van der Waals surface area (Å²) in [5, 5.41) is 3.49. The standard InChI is InChI=1S/C11H15N/c1-3-8-9-6-5-7-11(9)12-10(8)4-2/h3-4,9,11-12H,1-2,5-7H2. The highest BCUT2D eigenvalue weighted by Gasteiger charge is 2.35. The second-order valence-corrected chi connectivity index (χ2v) is 3.57. The molecule has 2 unspecified atom stereocenters. The maximum Gasteiger partial charge on any atom is 0.0372 e. The summed E-state index contributed by atoms with van der Waals surface area (Å²) < 4.78 is 0. The van der Waals surface area contributed by atoms with E-state index in [0.29, 0.717) is 6.04 Å². The summed E-state index contributed by atoms with van der Waals surface area (Å²) in [6, 6.07) is 0.672. The van der Waals surface area contributed by atoms with Gasteiger partial charge >= 0.3 is 0 Å².